The molecule has 4 nitrogen and oxygen atoms in total. The molecule has 96 valence electrons. The Labute approximate surface area is 120 Å². The second-order valence-corrected chi connectivity index (χ2v) is 5.69. The number of nitrogens with one attached hydrogen (secondary N) is 2. The van der Waals surface area contributed by atoms with E-state index in [0.29, 0.717) is 12.8 Å². The van der Waals surface area contributed by atoms with Crippen LogP contribution in [0.1, 0.15) is 31.4 Å². The van der Waals surface area contributed by atoms with Crippen molar-refractivity contribution >= 4 is 34.4 Å². The van der Waals surface area contributed by atoms with Crippen molar-refractivity contribution in [2.24, 2.45) is 0 Å². The molecule has 0 saturated carbocycles. The lowest BCUT2D eigenvalue weighted by molar-refractivity contribution is -0.134. The van der Waals surface area contributed by atoms with Crippen molar-refractivity contribution in [1.82, 2.24) is 10.6 Å². The van der Waals surface area contributed by atoms with Gasteiger partial charge in [-0.25, -0.2) is 0 Å². The van der Waals surface area contributed by atoms with Crippen LogP contribution < -0.4 is 10.6 Å². The van der Waals surface area contributed by atoms with Crippen LogP contribution in [0.3, 0.4) is 0 Å². The lowest BCUT2D eigenvalue weighted by Crippen LogP contribution is -2.51. The number of hydrogen-bond acceptors (Lipinski definition) is 3. The third-order valence-corrected chi connectivity index (χ3v) is 3.78. The Hall–Kier alpha value is -0.950. The fourth-order valence-corrected chi connectivity index (χ4v) is 2.36. The molecule has 1 fully saturated rings. The molecule has 2 atom stereocenters. The van der Waals surface area contributed by atoms with E-state index in [-0.39, 0.29) is 23.9 Å². The zero-order chi connectivity index (χ0) is 13.1. The number of hydrogen-bond donors (Lipinski definition) is 2. The predicted octanol–water partition coefficient (Wildman–Crippen LogP) is 1.75. The highest BCUT2D eigenvalue weighted by atomic mass is 127. The molecule has 1 aromatic carbocycles. The van der Waals surface area contributed by atoms with Crippen LogP contribution in [0.4, 0.5) is 0 Å². The van der Waals surface area contributed by atoms with Crippen molar-refractivity contribution in [3.8, 4) is 0 Å². The van der Waals surface area contributed by atoms with E-state index in [1.54, 1.807) is 0 Å². The smallest absolute Gasteiger partial charge is 0.243 e. The molecule has 1 saturated heterocycles. The van der Waals surface area contributed by atoms with Crippen molar-refractivity contribution < 1.29 is 9.59 Å². The van der Waals surface area contributed by atoms with Gasteiger partial charge in [0.2, 0.25) is 11.8 Å². The Kier molecular flexibility index (Phi) is 4.34. The van der Waals surface area contributed by atoms with Gasteiger partial charge in [-0.3, -0.25) is 20.2 Å². The van der Waals surface area contributed by atoms with E-state index in [2.05, 4.69) is 33.2 Å². The summed E-state index contributed by atoms with van der Waals surface area (Å²) in [5.74, 6) is -0.399. The van der Waals surface area contributed by atoms with E-state index < -0.39 is 0 Å². The second kappa shape index (κ2) is 5.79. The SMILES string of the molecule is CC(NC1CCC(=O)NC1=O)c1ccc(I)cc1. The van der Waals surface area contributed by atoms with Crippen LogP contribution in [-0.2, 0) is 9.59 Å². The molecular weight excluding hydrogens is 343 g/mol. The zero-order valence-corrected chi connectivity index (χ0v) is 12.2. The Morgan fingerprint density at radius 3 is 2.61 bits per heavy atom. The summed E-state index contributed by atoms with van der Waals surface area (Å²) in [4.78, 5) is 22.7. The largest absolute Gasteiger partial charge is 0.299 e. The molecule has 2 amide bonds. The average molecular weight is 358 g/mol. The van der Waals surface area contributed by atoms with Crippen molar-refractivity contribution in [2.45, 2.75) is 31.8 Å². The first kappa shape index (κ1) is 13.5. The first-order valence-electron chi connectivity index (χ1n) is 5.91. The number of piperidine rings is 1. The van der Waals surface area contributed by atoms with Gasteiger partial charge in [-0.1, -0.05) is 12.1 Å². The molecule has 1 aliphatic heterocycles. The van der Waals surface area contributed by atoms with Crippen molar-refractivity contribution in [2.75, 3.05) is 0 Å². The highest BCUT2D eigenvalue weighted by molar-refractivity contribution is 14.1. The van der Waals surface area contributed by atoms with Gasteiger partial charge in [0.1, 0.15) is 0 Å². The third kappa shape index (κ3) is 3.29. The van der Waals surface area contributed by atoms with Gasteiger partial charge in [0.25, 0.3) is 0 Å². The van der Waals surface area contributed by atoms with E-state index in [0.717, 1.165) is 5.56 Å². The minimum absolute atomic E-state index is 0.0888. The molecule has 1 heterocycles. The Bertz CT molecular complexity index is 459. The standard InChI is InChI=1S/C13H15IN2O2/c1-8(9-2-4-10(14)5-3-9)15-11-6-7-12(17)16-13(11)18/h2-5,8,11,15H,6-7H2,1H3,(H,16,17,18). The molecule has 2 N–H and O–H groups in total. The lowest BCUT2D eigenvalue weighted by atomic mass is 10.0. The van der Waals surface area contributed by atoms with Gasteiger partial charge in [-0.05, 0) is 53.6 Å². The van der Waals surface area contributed by atoms with Crippen LogP contribution in [0.2, 0.25) is 0 Å². The zero-order valence-electron chi connectivity index (χ0n) is 10.1. The van der Waals surface area contributed by atoms with Gasteiger partial charge < -0.3 is 0 Å². The highest BCUT2D eigenvalue weighted by Gasteiger charge is 2.27. The summed E-state index contributed by atoms with van der Waals surface area (Å²) in [7, 11) is 0. The summed E-state index contributed by atoms with van der Waals surface area (Å²) < 4.78 is 1.18. The average Bonchev–Trinajstić information content (AvgIpc) is 2.33. The van der Waals surface area contributed by atoms with E-state index in [4.69, 9.17) is 0 Å². The highest BCUT2D eigenvalue weighted by Crippen LogP contribution is 2.17. The first-order valence-corrected chi connectivity index (χ1v) is 6.99. The number of carbonyl (C=O) groups excluding carboxylic acids is 2. The van der Waals surface area contributed by atoms with Gasteiger partial charge in [0.15, 0.2) is 0 Å². The fourth-order valence-electron chi connectivity index (χ4n) is 2.00. The second-order valence-electron chi connectivity index (χ2n) is 4.44. The molecule has 2 unspecified atom stereocenters. The quantitative estimate of drug-likeness (QED) is 0.640. The van der Waals surface area contributed by atoms with Crippen LogP contribution in [0.5, 0.6) is 0 Å². The molecule has 2 rings (SSSR count). The fraction of sp³-hybridized carbons (Fsp3) is 0.385. The molecule has 5 heteroatoms. The first-order chi connectivity index (χ1) is 8.56. The Morgan fingerprint density at radius 1 is 1.33 bits per heavy atom. The maximum absolute atomic E-state index is 11.6. The van der Waals surface area contributed by atoms with Gasteiger partial charge in [-0.15, -0.1) is 0 Å². The number of halogens is 1. The van der Waals surface area contributed by atoms with Gasteiger partial charge in [-0.2, -0.15) is 0 Å². The van der Waals surface area contributed by atoms with Crippen LogP contribution in [0, 0.1) is 3.57 Å². The monoisotopic (exact) mass is 358 g/mol. The van der Waals surface area contributed by atoms with E-state index in [1.165, 1.54) is 3.57 Å². The molecule has 0 aromatic heterocycles. The molecule has 18 heavy (non-hydrogen) atoms. The normalized spacial score (nSPS) is 21.6. The summed E-state index contributed by atoms with van der Waals surface area (Å²) in [5.41, 5.74) is 1.14. The third-order valence-electron chi connectivity index (χ3n) is 3.06. The number of carbonyl (C=O) groups is 2. The molecular formula is C13H15IN2O2. The molecule has 0 aliphatic carbocycles. The summed E-state index contributed by atoms with van der Waals surface area (Å²) >= 11 is 2.26. The lowest BCUT2D eigenvalue weighted by Gasteiger charge is -2.25. The minimum atomic E-state index is -0.281. The summed E-state index contributed by atoms with van der Waals surface area (Å²) in [6.45, 7) is 2.02. The van der Waals surface area contributed by atoms with E-state index >= 15 is 0 Å². The van der Waals surface area contributed by atoms with E-state index in [9.17, 15) is 9.59 Å². The number of rotatable bonds is 3. The minimum Gasteiger partial charge on any atom is -0.299 e. The van der Waals surface area contributed by atoms with Gasteiger partial charge >= 0.3 is 0 Å². The van der Waals surface area contributed by atoms with E-state index in [1.807, 2.05) is 31.2 Å². The summed E-state index contributed by atoms with van der Waals surface area (Å²) in [5, 5.41) is 5.61. The van der Waals surface area contributed by atoms with Gasteiger partial charge in [0, 0.05) is 16.0 Å². The topological polar surface area (TPSA) is 58.2 Å². The summed E-state index contributed by atoms with van der Waals surface area (Å²) in [6, 6.07) is 7.98. The van der Waals surface area contributed by atoms with Crippen molar-refractivity contribution in [3.05, 3.63) is 33.4 Å². The molecule has 0 radical (unpaired) electrons. The van der Waals surface area contributed by atoms with Crippen LogP contribution in [0.15, 0.2) is 24.3 Å². The van der Waals surface area contributed by atoms with Gasteiger partial charge in [0.05, 0.1) is 6.04 Å². The molecule has 0 spiro atoms. The molecule has 0 bridgehead atoms. The maximum Gasteiger partial charge on any atom is 0.243 e. The van der Waals surface area contributed by atoms with Crippen molar-refractivity contribution in [1.29, 1.82) is 0 Å². The Balaban J connectivity index is 1.98. The van der Waals surface area contributed by atoms with Crippen LogP contribution >= 0.6 is 22.6 Å². The summed E-state index contributed by atoms with van der Waals surface area (Å²) in [6.07, 6.45) is 0.974. The molecule has 1 aliphatic rings. The Morgan fingerprint density at radius 2 is 2.00 bits per heavy atom. The van der Waals surface area contributed by atoms with Crippen LogP contribution in [0.25, 0.3) is 0 Å². The number of imide groups is 1. The maximum atomic E-state index is 11.6. The van der Waals surface area contributed by atoms with Crippen LogP contribution in [-0.4, -0.2) is 17.9 Å². The predicted molar refractivity (Wildman–Crippen MR) is 76.9 cm³/mol. The number of benzene rings is 1. The van der Waals surface area contributed by atoms with Crippen molar-refractivity contribution in [3.63, 3.8) is 0 Å². The molecule has 1 aromatic rings. The number of amides is 2.